The smallest absolute Gasteiger partial charge is 0.271 e. The van der Waals surface area contributed by atoms with Gasteiger partial charge in [0.25, 0.3) is 5.69 Å². The number of hydrogen-bond acceptors (Lipinski definition) is 6. The van der Waals surface area contributed by atoms with Crippen molar-refractivity contribution in [3.8, 4) is 28.8 Å². The van der Waals surface area contributed by atoms with Crippen molar-refractivity contribution in [1.82, 2.24) is 15.0 Å². The Morgan fingerprint density at radius 3 is 2.62 bits per heavy atom. The monoisotopic (exact) mass is 321 g/mol. The summed E-state index contributed by atoms with van der Waals surface area (Å²) in [6.07, 6.45) is 0. The number of rotatable bonds is 4. The minimum atomic E-state index is -0.487. The van der Waals surface area contributed by atoms with Crippen LogP contribution in [0.3, 0.4) is 0 Å². The predicted octanol–water partition coefficient (Wildman–Crippen LogP) is 2.72. The topological polar surface area (TPSA) is 107 Å². The zero-order valence-corrected chi connectivity index (χ0v) is 12.6. The lowest BCUT2D eigenvalue weighted by Crippen LogP contribution is -2.01. The maximum absolute atomic E-state index is 11.0. The molecule has 1 aromatic heterocycles. The molecule has 0 radical (unpaired) electrons. The molecule has 0 amide bonds. The van der Waals surface area contributed by atoms with Gasteiger partial charge in [-0.25, -0.2) is 4.68 Å². The maximum atomic E-state index is 11.0. The highest BCUT2D eigenvalue weighted by molar-refractivity contribution is 5.68. The van der Waals surface area contributed by atoms with Crippen molar-refractivity contribution in [3.05, 3.63) is 64.3 Å². The molecule has 0 aliphatic heterocycles. The van der Waals surface area contributed by atoms with Crippen molar-refractivity contribution >= 4 is 5.69 Å². The van der Waals surface area contributed by atoms with Crippen molar-refractivity contribution in [2.75, 3.05) is 7.11 Å². The molecule has 3 aromatic rings. The number of aromatic nitrogens is 3. The average Bonchev–Trinajstić information content (AvgIpc) is 3.06. The highest BCUT2D eigenvalue weighted by atomic mass is 16.6. The van der Waals surface area contributed by atoms with E-state index in [1.54, 1.807) is 43.5 Å². The second-order valence-electron chi connectivity index (χ2n) is 4.82. The number of hydrogen-bond donors (Lipinski definition) is 0. The summed E-state index contributed by atoms with van der Waals surface area (Å²) in [5.41, 5.74) is 1.67. The van der Waals surface area contributed by atoms with Gasteiger partial charge in [-0.2, -0.15) is 5.26 Å². The molecule has 0 aliphatic carbocycles. The molecule has 0 saturated carbocycles. The van der Waals surface area contributed by atoms with Gasteiger partial charge in [0.1, 0.15) is 17.5 Å². The van der Waals surface area contributed by atoms with E-state index in [1.807, 2.05) is 6.07 Å². The minimum Gasteiger partial charge on any atom is -0.497 e. The van der Waals surface area contributed by atoms with Crippen LogP contribution in [0.15, 0.2) is 48.5 Å². The van der Waals surface area contributed by atoms with Crippen LogP contribution in [0.5, 0.6) is 5.75 Å². The van der Waals surface area contributed by atoms with Gasteiger partial charge in [0.15, 0.2) is 5.69 Å². The van der Waals surface area contributed by atoms with Crippen LogP contribution in [0.25, 0.3) is 16.9 Å². The van der Waals surface area contributed by atoms with E-state index in [2.05, 4.69) is 10.3 Å². The zero-order valence-electron chi connectivity index (χ0n) is 12.6. The lowest BCUT2D eigenvalue weighted by atomic mass is 10.1. The fourth-order valence-electron chi connectivity index (χ4n) is 2.28. The normalized spacial score (nSPS) is 10.2. The molecule has 0 aliphatic rings. The number of ether oxygens (including phenoxy) is 1. The maximum Gasteiger partial charge on any atom is 0.271 e. The summed E-state index contributed by atoms with van der Waals surface area (Å²) in [4.78, 5) is 10.5. The first-order valence-electron chi connectivity index (χ1n) is 6.89. The third kappa shape index (κ3) is 2.66. The first-order chi connectivity index (χ1) is 11.6. The Bertz CT molecular complexity index is 941. The van der Waals surface area contributed by atoms with E-state index in [0.29, 0.717) is 22.7 Å². The van der Waals surface area contributed by atoms with Crippen LogP contribution in [0, 0.1) is 21.4 Å². The average molecular weight is 321 g/mol. The van der Waals surface area contributed by atoms with Gasteiger partial charge in [-0.3, -0.25) is 10.1 Å². The van der Waals surface area contributed by atoms with Crippen molar-refractivity contribution in [3.63, 3.8) is 0 Å². The van der Waals surface area contributed by atoms with E-state index in [9.17, 15) is 15.4 Å². The summed E-state index contributed by atoms with van der Waals surface area (Å²) in [6, 6.07) is 15.0. The summed E-state index contributed by atoms with van der Waals surface area (Å²) in [5.74, 6) is 0.673. The molecule has 0 unspecified atom stereocenters. The molecule has 0 atom stereocenters. The predicted molar refractivity (Wildman–Crippen MR) is 84.7 cm³/mol. The van der Waals surface area contributed by atoms with Crippen LogP contribution in [-0.2, 0) is 0 Å². The lowest BCUT2D eigenvalue weighted by Gasteiger charge is -2.07. The molecule has 3 rings (SSSR count). The van der Waals surface area contributed by atoms with E-state index < -0.39 is 4.92 Å². The molecule has 0 N–H and O–H groups in total. The molecule has 0 fully saturated rings. The number of non-ortho nitro benzene ring substituents is 1. The molecule has 8 heteroatoms. The van der Waals surface area contributed by atoms with Crippen LogP contribution < -0.4 is 4.74 Å². The fraction of sp³-hybridized carbons (Fsp3) is 0.0625. The first kappa shape index (κ1) is 15.2. The second-order valence-corrected chi connectivity index (χ2v) is 4.82. The highest BCUT2D eigenvalue weighted by Crippen LogP contribution is 2.27. The highest BCUT2D eigenvalue weighted by Gasteiger charge is 2.18. The van der Waals surface area contributed by atoms with Crippen LogP contribution in [0.1, 0.15) is 5.69 Å². The van der Waals surface area contributed by atoms with Crippen molar-refractivity contribution in [1.29, 1.82) is 5.26 Å². The standard InChI is InChI=1S/C16H11N5O3/c1-24-14-7-5-11(6-8-14)16-15(10-17)18-19-20(16)12-3-2-4-13(9-12)21(22)23/h2-9H,1H3. The number of nitrogens with zero attached hydrogens (tertiary/aromatic N) is 5. The first-order valence-corrected chi connectivity index (χ1v) is 6.89. The quantitative estimate of drug-likeness (QED) is 0.540. The zero-order chi connectivity index (χ0) is 17.1. The van der Waals surface area contributed by atoms with Crippen molar-refractivity contribution in [2.24, 2.45) is 0 Å². The summed E-state index contributed by atoms with van der Waals surface area (Å²) >= 11 is 0. The molecule has 24 heavy (non-hydrogen) atoms. The van der Waals surface area contributed by atoms with Gasteiger partial charge in [0, 0.05) is 17.7 Å². The van der Waals surface area contributed by atoms with Crippen LogP contribution in [0.2, 0.25) is 0 Å². The Hall–Kier alpha value is -3.73. The Kier molecular flexibility index (Phi) is 3.91. The largest absolute Gasteiger partial charge is 0.497 e. The second kappa shape index (κ2) is 6.18. The summed E-state index contributed by atoms with van der Waals surface area (Å²) in [6.45, 7) is 0. The summed E-state index contributed by atoms with van der Waals surface area (Å²) in [7, 11) is 1.56. The SMILES string of the molecule is COc1ccc(-c2c(C#N)nnn2-c2cccc([N+](=O)[O-])c2)cc1. The molecule has 118 valence electrons. The van der Waals surface area contributed by atoms with Gasteiger partial charge in [-0.1, -0.05) is 11.3 Å². The van der Waals surface area contributed by atoms with E-state index >= 15 is 0 Å². The van der Waals surface area contributed by atoms with E-state index in [-0.39, 0.29) is 11.4 Å². The van der Waals surface area contributed by atoms with Gasteiger partial charge in [0.2, 0.25) is 0 Å². The van der Waals surface area contributed by atoms with Crippen molar-refractivity contribution in [2.45, 2.75) is 0 Å². The third-order valence-electron chi connectivity index (χ3n) is 3.42. The number of benzene rings is 2. The van der Waals surface area contributed by atoms with E-state index in [0.717, 1.165) is 0 Å². The summed E-state index contributed by atoms with van der Waals surface area (Å²) in [5, 5.41) is 28.1. The fourth-order valence-corrected chi connectivity index (χ4v) is 2.28. The van der Waals surface area contributed by atoms with Gasteiger partial charge in [-0.05, 0) is 30.3 Å². The molecule has 0 spiro atoms. The van der Waals surface area contributed by atoms with Crippen LogP contribution in [0.4, 0.5) is 5.69 Å². The molecular weight excluding hydrogens is 310 g/mol. The Morgan fingerprint density at radius 2 is 2.00 bits per heavy atom. The molecule has 0 saturated heterocycles. The van der Waals surface area contributed by atoms with Crippen LogP contribution >= 0.6 is 0 Å². The third-order valence-corrected chi connectivity index (χ3v) is 3.42. The summed E-state index contributed by atoms with van der Waals surface area (Å²) < 4.78 is 6.53. The Labute approximate surface area is 136 Å². The molecular formula is C16H11N5O3. The molecule has 1 heterocycles. The number of nitro groups is 1. The van der Waals surface area contributed by atoms with Gasteiger partial charge < -0.3 is 4.74 Å². The molecule has 8 nitrogen and oxygen atoms in total. The van der Waals surface area contributed by atoms with Gasteiger partial charge in [-0.15, -0.1) is 5.10 Å². The minimum absolute atomic E-state index is 0.0674. The van der Waals surface area contributed by atoms with Crippen molar-refractivity contribution < 1.29 is 9.66 Å². The Morgan fingerprint density at radius 1 is 1.25 bits per heavy atom. The number of nitro benzene ring substituents is 1. The van der Waals surface area contributed by atoms with Gasteiger partial charge >= 0.3 is 0 Å². The lowest BCUT2D eigenvalue weighted by molar-refractivity contribution is -0.384. The van der Waals surface area contributed by atoms with Crippen LogP contribution in [-0.4, -0.2) is 27.0 Å². The van der Waals surface area contributed by atoms with E-state index in [1.165, 1.54) is 16.8 Å². The molecule has 0 bridgehead atoms. The number of nitriles is 1. The molecule has 2 aromatic carbocycles. The Balaban J connectivity index is 2.16. The van der Waals surface area contributed by atoms with E-state index in [4.69, 9.17) is 4.74 Å². The van der Waals surface area contributed by atoms with Gasteiger partial charge in [0.05, 0.1) is 17.7 Å². The number of methoxy groups -OCH3 is 1.